The second-order valence-corrected chi connectivity index (χ2v) is 6.05. The largest absolute Gasteiger partial charge is 0.506 e. The number of hydrogen-bond acceptors (Lipinski definition) is 2. The van der Waals surface area contributed by atoms with Crippen molar-refractivity contribution in [3.05, 3.63) is 0 Å². The molecule has 3 nitrogen and oxygen atoms in total. The average Bonchev–Trinajstić information content (AvgIpc) is 2.76. The molecular weight excluding hydrogens is 204 g/mol. The van der Waals surface area contributed by atoms with Crippen LogP contribution in [0.25, 0.3) is 0 Å². The van der Waals surface area contributed by atoms with Gasteiger partial charge in [0.05, 0.1) is 0 Å². The summed E-state index contributed by atoms with van der Waals surface area (Å²) in [6.07, 6.45) is 3.48. The summed E-state index contributed by atoms with van der Waals surface area (Å²) in [7, 11) is 0. The lowest BCUT2D eigenvalue weighted by Crippen LogP contribution is -2.32. The standard InChI is InChI=1S/C13H22O3/c1-8(2)10-5-4-9(3)6-13(10)7-11(13)16-12(14)15/h8-11H,4-7H2,1-3H3,(H,14,15)/t9-,10+,11?,13?/m1/s1. The van der Waals surface area contributed by atoms with E-state index in [-0.39, 0.29) is 11.5 Å². The first kappa shape index (κ1) is 11.7. The number of carbonyl (C=O) groups is 1. The molecule has 0 aromatic rings. The van der Waals surface area contributed by atoms with Crippen LogP contribution in [-0.2, 0) is 4.74 Å². The number of hydrogen-bond donors (Lipinski definition) is 1. The van der Waals surface area contributed by atoms with Crippen molar-refractivity contribution in [1.29, 1.82) is 0 Å². The van der Waals surface area contributed by atoms with Gasteiger partial charge in [0.15, 0.2) is 0 Å². The number of carboxylic acid groups (broad SMARTS) is 1. The molecule has 0 aromatic heterocycles. The molecule has 16 heavy (non-hydrogen) atoms. The van der Waals surface area contributed by atoms with Crippen molar-refractivity contribution in [3.8, 4) is 0 Å². The molecule has 0 heterocycles. The zero-order valence-corrected chi connectivity index (χ0v) is 10.4. The Balaban J connectivity index is 2.07. The van der Waals surface area contributed by atoms with E-state index in [2.05, 4.69) is 20.8 Å². The predicted octanol–water partition coefficient (Wildman–Crippen LogP) is 3.53. The minimum atomic E-state index is -1.11. The molecule has 2 unspecified atom stereocenters. The van der Waals surface area contributed by atoms with Gasteiger partial charge < -0.3 is 9.84 Å². The van der Waals surface area contributed by atoms with Crippen LogP contribution in [0.1, 0.15) is 46.5 Å². The zero-order valence-electron chi connectivity index (χ0n) is 10.4. The van der Waals surface area contributed by atoms with Crippen molar-refractivity contribution in [2.45, 2.75) is 52.6 Å². The Labute approximate surface area is 97.2 Å². The van der Waals surface area contributed by atoms with Gasteiger partial charge in [-0.3, -0.25) is 0 Å². The van der Waals surface area contributed by atoms with Gasteiger partial charge in [0.25, 0.3) is 0 Å². The summed E-state index contributed by atoms with van der Waals surface area (Å²) < 4.78 is 5.00. The van der Waals surface area contributed by atoms with Crippen LogP contribution in [0.3, 0.4) is 0 Å². The fourth-order valence-electron chi connectivity index (χ4n) is 3.82. The van der Waals surface area contributed by atoms with Gasteiger partial charge in [0, 0.05) is 5.41 Å². The molecule has 0 aliphatic heterocycles. The predicted molar refractivity (Wildman–Crippen MR) is 61.3 cm³/mol. The van der Waals surface area contributed by atoms with Crippen molar-refractivity contribution in [2.24, 2.45) is 23.2 Å². The summed E-state index contributed by atoms with van der Waals surface area (Å²) >= 11 is 0. The van der Waals surface area contributed by atoms with Gasteiger partial charge in [-0.2, -0.15) is 0 Å². The van der Waals surface area contributed by atoms with Gasteiger partial charge in [-0.05, 0) is 37.0 Å². The van der Waals surface area contributed by atoms with Crippen LogP contribution < -0.4 is 0 Å². The van der Waals surface area contributed by atoms with Gasteiger partial charge in [-0.1, -0.05) is 27.2 Å². The Kier molecular flexibility index (Phi) is 2.89. The van der Waals surface area contributed by atoms with Crippen LogP contribution in [0.2, 0.25) is 0 Å². The van der Waals surface area contributed by atoms with E-state index in [4.69, 9.17) is 9.84 Å². The van der Waals surface area contributed by atoms with Crippen LogP contribution in [0.4, 0.5) is 4.79 Å². The summed E-state index contributed by atoms with van der Waals surface area (Å²) in [4.78, 5) is 10.6. The van der Waals surface area contributed by atoms with E-state index < -0.39 is 6.16 Å². The molecule has 92 valence electrons. The van der Waals surface area contributed by atoms with E-state index in [1.165, 1.54) is 12.8 Å². The van der Waals surface area contributed by atoms with Crippen molar-refractivity contribution >= 4 is 6.16 Å². The maximum absolute atomic E-state index is 10.6. The normalized spacial score (nSPS) is 42.4. The number of rotatable bonds is 2. The summed E-state index contributed by atoms with van der Waals surface area (Å²) in [5.41, 5.74) is 0.185. The van der Waals surface area contributed by atoms with E-state index in [0.717, 1.165) is 18.8 Å². The zero-order chi connectivity index (χ0) is 11.9. The molecule has 2 saturated carbocycles. The van der Waals surface area contributed by atoms with E-state index in [9.17, 15) is 4.79 Å². The molecule has 2 aliphatic carbocycles. The van der Waals surface area contributed by atoms with Gasteiger partial charge in [0.1, 0.15) is 6.10 Å². The Morgan fingerprint density at radius 3 is 2.62 bits per heavy atom. The first-order valence-corrected chi connectivity index (χ1v) is 6.35. The monoisotopic (exact) mass is 226 g/mol. The first-order valence-electron chi connectivity index (χ1n) is 6.35. The summed E-state index contributed by atoms with van der Waals surface area (Å²) in [6.45, 7) is 6.77. The van der Waals surface area contributed by atoms with Crippen LogP contribution in [0.15, 0.2) is 0 Å². The maximum atomic E-state index is 10.6. The Hall–Kier alpha value is -0.730. The lowest BCUT2D eigenvalue weighted by molar-refractivity contribution is 0.0343. The van der Waals surface area contributed by atoms with E-state index >= 15 is 0 Å². The third-order valence-electron chi connectivity index (χ3n) is 4.53. The van der Waals surface area contributed by atoms with Gasteiger partial charge in [-0.15, -0.1) is 0 Å². The molecule has 4 atom stereocenters. The third kappa shape index (κ3) is 1.92. The van der Waals surface area contributed by atoms with Gasteiger partial charge >= 0.3 is 6.16 Å². The van der Waals surface area contributed by atoms with Crippen LogP contribution in [0, 0.1) is 23.2 Å². The second-order valence-electron chi connectivity index (χ2n) is 6.05. The minimum Gasteiger partial charge on any atom is -0.450 e. The van der Waals surface area contributed by atoms with Crippen LogP contribution in [0.5, 0.6) is 0 Å². The quantitative estimate of drug-likeness (QED) is 0.733. The minimum absolute atomic E-state index is 0.0276. The van der Waals surface area contributed by atoms with Crippen LogP contribution in [-0.4, -0.2) is 17.4 Å². The van der Waals surface area contributed by atoms with E-state index in [0.29, 0.717) is 11.8 Å². The fraction of sp³-hybridized carbons (Fsp3) is 0.923. The number of ether oxygens (including phenoxy) is 1. The lowest BCUT2D eigenvalue weighted by atomic mass is 9.67. The van der Waals surface area contributed by atoms with E-state index in [1.807, 2.05) is 0 Å². The second kappa shape index (κ2) is 3.94. The van der Waals surface area contributed by atoms with Gasteiger partial charge in [-0.25, -0.2) is 4.79 Å². The highest BCUT2D eigenvalue weighted by molar-refractivity contribution is 5.57. The fourth-order valence-corrected chi connectivity index (χ4v) is 3.82. The highest BCUT2D eigenvalue weighted by Crippen LogP contribution is 2.63. The smallest absolute Gasteiger partial charge is 0.450 e. The molecule has 0 amide bonds. The van der Waals surface area contributed by atoms with Crippen molar-refractivity contribution in [1.82, 2.24) is 0 Å². The molecular formula is C13H22O3. The molecule has 1 N–H and O–H groups in total. The Morgan fingerprint density at radius 2 is 2.06 bits per heavy atom. The molecule has 0 aromatic carbocycles. The summed E-state index contributed by atoms with van der Waals surface area (Å²) in [6, 6.07) is 0. The van der Waals surface area contributed by atoms with Crippen molar-refractivity contribution in [2.75, 3.05) is 0 Å². The molecule has 2 fully saturated rings. The van der Waals surface area contributed by atoms with Crippen molar-refractivity contribution < 1.29 is 14.6 Å². The molecule has 2 rings (SSSR count). The maximum Gasteiger partial charge on any atom is 0.506 e. The summed E-state index contributed by atoms with van der Waals surface area (Å²) in [5, 5.41) is 8.71. The molecule has 0 saturated heterocycles. The highest BCUT2D eigenvalue weighted by Gasteiger charge is 2.63. The van der Waals surface area contributed by atoms with Crippen molar-refractivity contribution in [3.63, 3.8) is 0 Å². The Bertz CT molecular complexity index is 287. The van der Waals surface area contributed by atoms with Crippen LogP contribution >= 0.6 is 0 Å². The molecule has 0 bridgehead atoms. The van der Waals surface area contributed by atoms with E-state index in [1.54, 1.807) is 0 Å². The molecule has 3 heteroatoms. The third-order valence-corrected chi connectivity index (χ3v) is 4.53. The topological polar surface area (TPSA) is 46.5 Å². The molecule has 1 spiro atoms. The average molecular weight is 226 g/mol. The first-order chi connectivity index (χ1) is 7.45. The Morgan fingerprint density at radius 1 is 1.38 bits per heavy atom. The SMILES string of the molecule is CC(C)[C@@H]1CC[C@@H](C)CC12CC2OC(=O)O. The lowest BCUT2D eigenvalue weighted by Gasteiger charge is -2.38. The molecule has 0 radical (unpaired) electrons. The molecule has 2 aliphatic rings. The summed E-state index contributed by atoms with van der Waals surface area (Å²) in [5.74, 6) is 2.00. The highest BCUT2D eigenvalue weighted by atomic mass is 16.7. The van der Waals surface area contributed by atoms with Gasteiger partial charge in [0.2, 0.25) is 0 Å².